The predicted octanol–water partition coefficient (Wildman–Crippen LogP) is 1.31. The van der Waals surface area contributed by atoms with E-state index in [1.54, 1.807) is 30.7 Å². The summed E-state index contributed by atoms with van der Waals surface area (Å²) >= 11 is 0. The third kappa shape index (κ3) is 6.04. The van der Waals surface area contributed by atoms with E-state index in [4.69, 9.17) is 0 Å². The lowest BCUT2D eigenvalue weighted by Crippen LogP contribution is -2.38. The lowest BCUT2D eigenvalue weighted by Gasteiger charge is -2.13. The number of hydrogen-bond donors (Lipinski definition) is 3. The molecule has 0 saturated carbocycles. The first-order valence-corrected chi connectivity index (χ1v) is 7.79. The van der Waals surface area contributed by atoms with Gasteiger partial charge in [-0.25, -0.2) is 0 Å². The highest BCUT2D eigenvalue weighted by atomic mass is 16.3. The molecule has 0 spiro atoms. The Morgan fingerprint density at radius 2 is 2.00 bits per heavy atom. The van der Waals surface area contributed by atoms with Crippen LogP contribution < -0.4 is 10.6 Å². The normalized spacial score (nSPS) is 12.7. The van der Waals surface area contributed by atoms with Crippen molar-refractivity contribution in [3.8, 4) is 0 Å². The maximum atomic E-state index is 10.1. The van der Waals surface area contributed by atoms with Crippen LogP contribution in [-0.2, 0) is 6.42 Å². The van der Waals surface area contributed by atoms with Gasteiger partial charge < -0.3 is 15.7 Å². The van der Waals surface area contributed by atoms with Crippen molar-refractivity contribution in [3.63, 3.8) is 0 Å². The fraction of sp³-hybridized carbons (Fsp3) is 0.353. The molecule has 2 aromatic rings. The second kappa shape index (κ2) is 9.53. The van der Waals surface area contributed by atoms with Crippen LogP contribution in [0.5, 0.6) is 0 Å². The Morgan fingerprint density at radius 1 is 1.17 bits per heavy atom. The molecule has 0 fully saturated rings. The van der Waals surface area contributed by atoms with Crippen molar-refractivity contribution < 1.29 is 5.11 Å². The van der Waals surface area contributed by atoms with Gasteiger partial charge in [0.2, 0.25) is 0 Å². The lowest BCUT2D eigenvalue weighted by atomic mass is 10.1. The van der Waals surface area contributed by atoms with Gasteiger partial charge >= 0.3 is 0 Å². The summed E-state index contributed by atoms with van der Waals surface area (Å²) in [4.78, 5) is 12.7. The quantitative estimate of drug-likeness (QED) is 0.530. The van der Waals surface area contributed by atoms with Crippen molar-refractivity contribution in [2.75, 3.05) is 19.6 Å². The van der Waals surface area contributed by atoms with E-state index in [9.17, 15) is 5.11 Å². The second-order valence-electron chi connectivity index (χ2n) is 5.01. The molecule has 23 heavy (non-hydrogen) atoms. The zero-order valence-corrected chi connectivity index (χ0v) is 13.3. The summed E-state index contributed by atoms with van der Waals surface area (Å²) < 4.78 is 0. The molecule has 0 saturated heterocycles. The molecule has 0 aromatic carbocycles. The van der Waals surface area contributed by atoms with Crippen LogP contribution in [0.25, 0.3) is 0 Å². The van der Waals surface area contributed by atoms with E-state index in [2.05, 4.69) is 25.6 Å². The average molecular weight is 313 g/mol. The summed E-state index contributed by atoms with van der Waals surface area (Å²) in [6.07, 6.45) is 5.30. The van der Waals surface area contributed by atoms with Crippen molar-refractivity contribution in [1.82, 2.24) is 20.6 Å². The van der Waals surface area contributed by atoms with Crippen molar-refractivity contribution in [2.45, 2.75) is 19.4 Å². The topological polar surface area (TPSA) is 82.4 Å². The number of nitrogens with one attached hydrogen (secondary N) is 2. The minimum absolute atomic E-state index is 0.295. The van der Waals surface area contributed by atoms with Gasteiger partial charge in [-0.15, -0.1) is 0 Å². The molecular formula is C17H23N5O. The van der Waals surface area contributed by atoms with Crippen LogP contribution in [0.2, 0.25) is 0 Å². The Kier molecular flexibility index (Phi) is 7.00. The van der Waals surface area contributed by atoms with Gasteiger partial charge in [0.15, 0.2) is 5.96 Å². The van der Waals surface area contributed by atoms with Crippen LogP contribution in [0.4, 0.5) is 0 Å². The van der Waals surface area contributed by atoms with Crippen LogP contribution in [0.3, 0.4) is 0 Å². The van der Waals surface area contributed by atoms with Crippen molar-refractivity contribution in [1.29, 1.82) is 0 Å². The maximum absolute atomic E-state index is 10.1. The fourth-order valence-electron chi connectivity index (χ4n) is 2.07. The van der Waals surface area contributed by atoms with Crippen molar-refractivity contribution >= 4 is 5.96 Å². The van der Waals surface area contributed by atoms with Gasteiger partial charge in [0, 0.05) is 43.8 Å². The molecule has 1 atom stereocenters. The first kappa shape index (κ1) is 16.9. The summed E-state index contributed by atoms with van der Waals surface area (Å²) in [7, 11) is 0. The monoisotopic (exact) mass is 313 g/mol. The molecule has 0 aliphatic rings. The number of hydrogen-bond acceptors (Lipinski definition) is 4. The van der Waals surface area contributed by atoms with Gasteiger partial charge in [-0.2, -0.15) is 0 Å². The SMILES string of the molecule is CCNC(=NCC(O)c1ccncc1)NCCc1ccccn1. The van der Waals surface area contributed by atoms with Crippen LogP contribution in [0, 0.1) is 0 Å². The van der Waals surface area contributed by atoms with Crippen molar-refractivity contribution in [2.24, 2.45) is 4.99 Å². The molecule has 6 heteroatoms. The highest BCUT2D eigenvalue weighted by Gasteiger charge is 2.07. The largest absolute Gasteiger partial charge is 0.386 e. The van der Waals surface area contributed by atoms with E-state index in [-0.39, 0.29) is 0 Å². The molecule has 0 radical (unpaired) electrons. The van der Waals surface area contributed by atoms with E-state index in [0.29, 0.717) is 12.5 Å². The van der Waals surface area contributed by atoms with Gasteiger partial charge in [-0.3, -0.25) is 15.0 Å². The molecule has 1 unspecified atom stereocenters. The van der Waals surface area contributed by atoms with Gasteiger partial charge in [0.1, 0.15) is 0 Å². The van der Waals surface area contributed by atoms with Crippen LogP contribution in [-0.4, -0.2) is 40.7 Å². The molecule has 2 rings (SSSR count). The third-order valence-corrected chi connectivity index (χ3v) is 3.26. The zero-order valence-electron chi connectivity index (χ0n) is 13.3. The summed E-state index contributed by atoms with van der Waals surface area (Å²) in [5.74, 6) is 0.691. The van der Waals surface area contributed by atoms with Gasteiger partial charge in [0.05, 0.1) is 12.6 Å². The van der Waals surface area contributed by atoms with E-state index < -0.39 is 6.10 Å². The van der Waals surface area contributed by atoms with Crippen LogP contribution in [0.15, 0.2) is 53.9 Å². The standard InChI is InChI=1S/C17H23N5O/c1-2-19-17(21-12-8-15-5-3-4-9-20-15)22-13-16(23)14-6-10-18-11-7-14/h3-7,9-11,16,23H,2,8,12-13H2,1H3,(H2,19,21,22). The Balaban J connectivity index is 1.84. The molecule has 3 N–H and O–H groups in total. The molecular weight excluding hydrogens is 290 g/mol. The second-order valence-corrected chi connectivity index (χ2v) is 5.01. The Bertz CT molecular complexity index is 588. The zero-order chi connectivity index (χ0) is 16.3. The average Bonchev–Trinajstić information content (AvgIpc) is 2.61. The Hall–Kier alpha value is -2.47. The minimum Gasteiger partial charge on any atom is -0.386 e. The number of pyridine rings is 2. The van der Waals surface area contributed by atoms with Gasteiger partial charge in [-0.05, 0) is 36.8 Å². The number of aliphatic hydroxyl groups is 1. The molecule has 2 aromatic heterocycles. The van der Waals surface area contributed by atoms with Crippen LogP contribution >= 0.6 is 0 Å². The third-order valence-electron chi connectivity index (χ3n) is 3.26. The van der Waals surface area contributed by atoms with Gasteiger partial charge in [0.25, 0.3) is 0 Å². The van der Waals surface area contributed by atoms with Crippen LogP contribution in [0.1, 0.15) is 24.3 Å². The predicted molar refractivity (Wildman–Crippen MR) is 91.1 cm³/mol. The highest BCUT2D eigenvalue weighted by molar-refractivity contribution is 5.79. The van der Waals surface area contributed by atoms with Gasteiger partial charge in [-0.1, -0.05) is 6.07 Å². The molecule has 0 aliphatic carbocycles. The number of aliphatic imine (C=N–C) groups is 1. The van der Waals surface area contributed by atoms with E-state index in [1.165, 1.54) is 0 Å². The molecule has 6 nitrogen and oxygen atoms in total. The molecule has 2 heterocycles. The fourth-order valence-corrected chi connectivity index (χ4v) is 2.07. The summed E-state index contributed by atoms with van der Waals surface area (Å²) in [6.45, 7) is 3.80. The Labute approximate surface area is 136 Å². The summed E-state index contributed by atoms with van der Waals surface area (Å²) in [5, 5.41) is 16.6. The number of aliphatic hydroxyl groups excluding tert-OH is 1. The highest BCUT2D eigenvalue weighted by Crippen LogP contribution is 2.10. The van der Waals surface area contributed by atoms with E-state index in [0.717, 1.165) is 30.8 Å². The number of guanidine groups is 1. The first-order chi connectivity index (χ1) is 11.3. The first-order valence-electron chi connectivity index (χ1n) is 7.79. The smallest absolute Gasteiger partial charge is 0.191 e. The van der Waals surface area contributed by atoms with E-state index in [1.807, 2.05) is 25.1 Å². The van der Waals surface area contributed by atoms with E-state index >= 15 is 0 Å². The number of nitrogens with zero attached hydrogens (tertiary/aromatic N) is 3. The number of aromatic nitrogens is 2. The maximum Gasteiger partial charge on any atom is 0.191 e. The molecule has 0 bridgehead atoms. The molecule has 0 amide bonds. The summed E-state index contributed by atoms with van der Waals surface area (Å²) in [5.41, 5.74) is 1.85. The number of rotatable bonds is 7. The Morgan fingerprint density at radius 3 is 2.70 bits per heavy atom. The minimum atomic E-state index is -0.635. The summed E-state index contributed by atoms with van der Waals surface area (Å²) in [6, 6.07) is 9.47. The van der Waals surface area contributed by atoms with Crippen molar-refractivity contribution in [3.05, 3.63) is 60.2 Å². The lowest BCUT2D eigenvalue weighted by molar-refractivity contribution is 0.187. The molecule has 122 valence electrons. The molecule has 0 aliphatic heterocycles.